The molecule has 0 aliphatic rings. The summed E-state index contributed by atoms with van der Waals surface area (Å²) in [7, 11) is 0. The molecule has 1 unspecified atom stereocenters. The molecule has 5 nitrogen and oxygen atoms in total. The number of aromatic nitrogens is 1. The van der Waals surface area contributed by atoms with Gasteiger partial charge in [0.2, 0.25) is 0 Å². The first kappa shape index (κ1) is 21.8. The molecule has 1 atom stereocenters. The molecular weight excluding hydrogens is 394 g/mol. The fraction of sp³-hybridized carbons (Fsp3) is 0.353. The Morgan fingerprint density at radius 1 is 1.11 bits per heavy atom. The summed E-state index contributed by atoms with van der Waals surface area (Å²) in [6.07, 6.45) is -10.7. The van der Waals surface area contributed by atoms with Crippen molar-refractivity contribution in [3.8, 4) is 0 Å². The quantitative estimate of drug-likeness (QED) is 0.545. The monoisotopic (exact) mass is 410 g/mol. The Morgan fingerprint density at radius 3 is 2.14 bits per heavy atom. The van der Waals surface area contributed by atoms with Gasteiger partial charge in [-0.3, -0.25) is 0 Å². The Balaban J connectivity index is 2.09. The summed E-state index contributed by atoms with van der Waals surface area (Å²) in [5.74, 6) is -1.72. The summed E-state index contributed by atoms with van der Waals surface area (Å²) in [6.45, 7) is 0.503. The molecule has 0 bridgehead atoms. The number of alkyl halides is 6. The smallest absolute Gasteiger partial charge is 0.419 e. The van der Waals surface area contributed by atoms with Crippen molar-refractivity contribution in [3.05, 3.63) is 57.9 Å². The molecular formula is C17H16F6N2O3. The molecule has 0 saturated heterocycles. The van der Waals surface area contributed by atoms with E-state index in [1.807, 2.05) is 0 Å². The van der Waals surface area contributed by atoms with Crippen molar-refractivity contribution in [2.24, 2.45) is 0 Å². The summed E-state index contributed by atoms with van der Waals surface area (Å²) >= 11 is 0. The standard InChI is InChI=1S/C17H16F6N2O3/c1-8-13(15(27)28)14(17(21,22)23)11(25-8)6-24-7-12(26)9-2-4-10(5-3-9)16(18,19)20/h2-5,12,24-26H,6-7H2,1H3,(H,27,28). The van der Waals surface area contributed by atoms with Crippen LogP contribution in [0, 0.1) is 6.92 Å². The number of aliphatic hydroxyl groups is 1. The third-order valence-electron chi connectivity index (χ3n) is 4.02. The van der Waals surface area contributed by atoms with Gasteiger partial charge in [0, 0.05) is 24.5 Å². The second-order valence-corrected chi connectivity index (χ2v) is 6.05. The van der Waals surface area contributed by atoms with Crippen molar-refractivity contribution < 1.29 is 41.4 Å². The number of carboxylic acids is 1. The Labute approximate surface area is 155 Å². The van der Waals surface area contributed by atoms with E-state index in [1.54, 1.807) is 0 Å². The van der Waals surface area contributed by atoms with Crippen molar-refractivity contribution in [2.45, 2.75) is 31.9 Å². The van der Waals surface area contributed by atoms with Gasteiger partial charge in [-0.25, -0.2) is 4.79 Å². The molecule has 4 N–H and O–H groups in total. The van der Waals surface area contributed by atoms with Crippen LogP contribution in [0.3, 0.4) is 0 Å². The molecule has 0 amide bonds. The highest BCUT2D eigenvalue weighted by molar-refractivity contribution is 5.91. The van der Waals surface area contributed by atoms with E-state index in [0.29, 0.717) is 0 Å². The van der Waals surface area contributed by atoms with E-state index in [2.05, 4.69) is 10.3 Å². The number of hydrogen-bond acceptors (Lipinski definition) is 3. The first-order valence-electron chi connectivity index (χ1n) is 7.90. The van der Waals surface area contributed by atoms with Gasteiger partial charge in [0.05, 0.1) is 22.8 Å². The van der Waals surface area contributed by atoms with Crippen molar-refractivity contribution in [1.82, 2.24) is 10.3 Å². The maximum absolute atomic E-state index is 13.2. The third-order valence-corrected chi connectivity index (χ3v) is 4.02. The fourth-order valence-corrected chi connectivity index (χ4v) is 2.75. The van der Waals surface area contributed by atoms with E-state index in [0.717, 1.165) is 24.3 Å². The Hall–Kier alpha value is -2.53. The van der Waals surface area contributed by atoms with Crippen LogP contribution in [0.4, 0.5) is 26.3 Å². The van der Waals surface area contributed by atoms with Crippen LogP contribution in [0.2, 0.25) is 0 Å². The minimum absolute atomic E-state index is 0.144. The molecule has 2 rings (SSSR count). The first-order chi connectivity index (χ1) is 12.8. The zero-order valence-corrected chi connectivity index (χ0v) is 14.4. The average Bonchev–Trinajstić information content (AvgIpc) is 2.91. The Kier molecular flexibility index (Phi) is 6.09. The summed E-state index contributed by atoms with van der Waals surface area (Å²) in [6, 6.07) is 3.71. The maximum Gasteiger partial charge on any atom is 0.419 e. The van der Waals surface area contributed by atoms with E-state index in [4.69, 9.17) is 5.11 Å². The minimum atomic E-state index is -4.90. The van der Waals surface area contributed by atoms with Crippen molar-refractivity contribution in [3.63, 3.8) is 0 Å². The lowest BCUT2D eigenvalue weighted by atomic mass is 10.1. The lowest BCUT2D eigenvalue weighted by Crippen LogP contribution is -2.23. The number of rotatable bonds is 6. The molecule has 154 valence electrons. The lowest BCUT2D eigenvalue weighted by Gasteiger charge is -2.14. The molecule has 2 aromatic rings. The number of aromatic carboxylic acids is 1. The van der Waals surface area contributed by atoms with E-state index in [1.165, 1.54) is 6.92 Å². The number of hydrogen-bond donors (Lipinski definition) is 4. The molecule has 28 heavy (non-hydrogen) atoms. The molecule has 0 saturated carbocycles. The SMILES string of the molecule is Cc1[nH]c(CNCC(O)c2ccc(C(F)(F)F)cc2)c(C(F)(F)F)c1C(=O)O. The molecule has 0 radical (unpaired) electrons. The van der Waals surface area contributed by atoms with Crippen LogP contribution in [-0.2, 0) is 18.9 Å². The van der Waals surface area contributed by atoms with Crippen LogP contribution in [-0.4, -0.2) is 27.7 Å². The minimum Gasteiger partial charge on any atom is -0.478 e. The number of H-pyrrole nitrogens is 1. The van der Waals surface area contributed by atoms with Crippen LogP contribution in [0.25, 0.3) is 0 Å². The number of aliphatic hydroxyl groups excluding tert-OH is 1. The molecule has 0 aliphatic heterocycles. The number of carbonyl (C=O) groups is 1. The molecule has 0 aliphatic carbocycles. The molecule has 1 aromatic heterocycles. The predicted molar refractivity (Wildman–Crippen MR) is 85.6 cm³/mol. The third kappa shape index (κ3) is 4.84. The van der Waals surface area contributed by atoms with Gasteiger partial charge in [0.15, 0.2) is 0 Å². The molecule has 1 aromatic carbocycles. The predicted octanol–water partition coefficient (Wildman–Crippen LogP) is 3.88. The Bertz CT molecular complexity index is 840. The van der Waals surface area contributed by atoms with Crippen molar-refractivity contribution in [1.29, 1.82) is 0 Å². The van der Waals surface area contributed by atoms with Gasteiger partial charge in [-0.15, -0.1) is 0 Å². The van der Waals surface area contributed by atoms with E-state index in [-0.39, 0.29) is 17.8 Å². The maximum atomic E-state index is 13.2. The zero-order chi connectivity index (χ0) is 21.3. The van der Waals surface area contributed by atoms with Crippen LogP contribution >= 0.6 is 0 Å². The topological polar surface area (TPSA) is 85.4 Å². The van der Waals surface area contributed by atoms with Gasteiger partial charge in [0.25, 0.3) is 0 Å². The number of benzene rings is 1. The number of aromatic amines is 1. The second kappa shape index (κ2) is 7.84. The highest BCUT2D eigenvalue weighted by Crippen LogP contribution is 2.36. The summed E-state index contributed by atoms with van der Waals surface area (Å²) in [4.78, 5) is 13.5. The van der Waals surface area contributed by atoms with Crippen LogP contribution < -0.4 is 5.32 Å². The Morgan fingerprint density at radius 2 is 1.68 bits per heavy atom. The van der Waals surface area contributed by atoms with Gasteiger partial charge in [-0.1, -0.05) is 12.1 Å². The molecule has 1 heterocycles. The average molecular weight is 410 g/mol. The first-order valence-corrected chi connectivity index (χ1v) is 7.90. The largest absolute Gasteiger partial charge is 0.478 e. The van der Waals surface area contributed by atoms with Crippen LogP contribution in [0.15, 0.2) is 24.3 Å². The highest BCUT2D eigenvalue weighted by atomic mass is 19.4. The van der Waals surface area contributed by atoms with Crippen LogP contribution in [0.5, 0.6) is 0 Å². The van der Waals surface area contributed by atoms with E-state index in [9.17, 15) is 36.2 Å². The van der Waals surface area contributed by atoms with Gasteiger partial charge < -0.3 is 20.5 Å². The number of aryl methyl sites for hydroxylation is 1. The fourth-order valence-electron chi connectivity index (χ4n) is 2.75. The van der Waals surface area contributed by atoms with E-state index >= 15 is 0 Å². The van der Waals surface area contributed by atoms with Crippen molar-refractivity contribution >= 4 is 5.97 Å². The molecule has 0 fully saturated rings. The normalized spacial score (nSPS) is 13.6. The zero-order valence-electron chi connectivity index (χ0n) is 14.4. The highest BCUT2D eigenvalue weighted by Gasteiger charge is 2.40. The number of nitrogens with one attached hydrogen (secondary N) is 2. The summed E-state index contributed by atoms with van der Waals surface area (Å²) in [5, 5.41) is 21.5. The van der Waals surface area contributed by atoms with Gasteiger partial charge in [-0.2, -0.15) is 26.3 Å². The van der Waals surface area contributed by atoms with Crippen molar-refractivity contribution in [2.75, 3.05) is 6.54 Å². The van der Waals surface area contributed by atoms with Crippen LogP contribution in [0.1, 0.15) is 44.5 Å². The lowest BCUT2D eigenvalue weighted by molar-refractivity contribution is -0.139. The second-order valence-electron chi connectivity index (χ2n) is 6.05. The molecule has 0 spiro atoms. The van der Waals surface area contributed by atoms with Gasteiger partial charge in [0.1, 0.15) is 0 Å². The number of carboxylic acid groups (broad SMARTS) is 1. The number of halogens is 6. The van der Waals surface area contributed by atoms with E-state index < -0.39 is 53.4 Å². The van der Waals surface area contributed by atoms with Gasteiger partial charge >= 0.3 is 18.3 Å². The summed E-state index contributed by atoms with van der Waals surface area (Å²) < 4.78 is 77.2. The van der Waals surface area contributed by atoms with Gasteiger partial charge in [-0.05, 0) is 24.6 Å². The molecule has 11 heteroatoms. The summed E-state index contributed by atoms with van der Waals surface area (Å²) in [5.41, 5.74) is -3.52.